The summed E-state index contributed by atoms with van der Waals surface area (Å²) >= 11 is 11.9. The van der Waals surface area contributed by atoms with Crippen LogP contribution in [-0.2, 0) is 12.0 Å². The van der Waals surface area contributed by atoms with Gasteiger partial charge in [0.05, 0.1) is 20.7 Å². The Morgan fingerprint density at radius 1 is 1.15 bits per heavy atom. The first-order valence-electron chi connectivity index (χ1n) is 10.6. The lowest BCUT2D eigenvalue weighted by Gasteiger charge is -2.20. The molecule has 0 aliphatic rings. The van der Waals surface area contributed by atoms with Crippen LogP contribution in [0.4, 0.5) is 0 Å². The number of fused-ring (bicyclic) bond motifs is 1. The first kappa shape index (κ1) is 24.9. The van der Waals surface area contributed by atoms with Crippen molar-refractivity contribution in [2.75, 3.05) is 0 Å². The molecule has 8 heteroatoms. The summed E-state index contributed by atoms with van der Waals surface area (Å²) in [5.74, 6) is 1.35. The fraction of sp³-hybridized carbons (Fsp3) is 0.192. The second kappa shape index (κ2) is 10.2. The van der Waals surface area contributed by atoms with Crippen LogP contribution in [0.5, 0.6) is 5.75 Å². The molecule has 34 heavy (non-hydrogen) atoms. The van der Waals surface area contributed by atoms with Gasteiger partial charge in [-0.05, 0) is 70.6 Å². The molecule has 4 rings (SSSR count). The van der Waals surface area contributed by atoms with E-state index >= 15 is 0 Å². The standard InChI is InChI=1S/C26H22BrClIN3O2/c1-26(2,3)25-31-22-10-9-18(27)13-19(22)24(33)32(25)30-14-16-8-11-23(21(29)12-16)34-15-17-6-4-5-7-20(17)28/h4-14H,15H2,1-3H3. The summed E-state index contributed by atoms with van der Waals surface area (Å²) in [5, 5.41) is 5.73. The van der Waals surface area contributed by atoms with Gasteiger partial charge in [0.1, 0.15) is 18.2 Å². The van der Waals surface area contributed by atoms with E-state index in [4.69, 9.17) is 21.3 Å². The van der Waals surface area contributed by atoms with Crippen LogP contribution in [-0.4, -0.2) is 15.9 Å². The van der Waals surface area contributed by atoms with Crippen molar-refractivity contribution in [2.24, 2.45) is 5.10 Å². The maximum atomic E-state index is 13.3. The van der Waals surface area contributed by atoms with Crippen molar-refractivity contribution in [3.63, 3.8) is 0 Å². The zero-order valence-corrected chi connectivity index (χ0v) is 23.3. The Balaban J connectivity index is 1.65. The predicted molar refractivity (Wildman–Crippen MR) is 150 cm³/mol. The summed E-state index contributed by atoms with van der Waals surface area (Å²) in [6.45, 7) is 6.42. The smallest absolute Gasteiger partial charge is 0.282 e. The maximum absolute atomic E-state index is 13.3. The van der Waals surface area contributed by atoms with E-state index in [9.17, 15) is 4.79 Å². The third kappa shape index (κ3) is 5.53. The Morgan fingerprint density at radius 3 is 2.62 bits per heavy atom. The molecule has 4 aromatic rings. The molecule has 0 saturated carbocycles. The molecular formula is C26H22BrClIN3O2. The Bertz CT molecular complexity index is 1460. The van der Waals surface area contributed by atoms with Crippen molar-refractivity contribution >= 4 is 67.2 Å². The molecule has 0 fully saturated rings. The minimum atomic E-state index is -0.372. The SMILES string of the molecule is CC(C)(C)c1nc2ccc(Br)cc2c(=O)n1N=Cc1ccc(OCc2ccccc2Cl)c(I)c1. The van der Waals surface area contributed by atoms with Gasteiger partial charge in [0.15, 0.2) is 0 Å². The highest BCUT2D eigenvalue weighted by Gasteiger charge is 2.23. The lowest BCUT2D eigenvalue weighted by Crippen LogP contribution is -2.29. The van der Waals surface area contributed by atoms with Crippen LogP contribution in [0.15, 0.2) is 75.0 Å². The Kier molecular flexibility index (Phi) is 7.45. The van der Waals surface area contributed by atoms with Gasteiger partial charge >= 0.3 is 0 Å². The van der Waals surface area contributed by atoms with Crippen LogP contribution < -0.4 is 10.3 Å². The monoisotopic (exact) mass is 649 g/mol. The molecule has 0 spiro atoms. The molecule has 0 unspecified atom stereocenters. The largest absolute Gasteiger partial charge is 0.488 e. The summed E-state index contributed by atoms with van der Waals surface area (Å²) in [6, 6.07) is 18.9. The van der Waals surface area contributed by atoms with E-state index in [0.29, 0.717) is 28.4 Å². The molecule has 0 radical (unpaired) electrons. The average Bonchev–Trinajstić information content (AvgIpc) is 2.78. The maximum Gasteiger partial charge on any atom is 0.282 e. The number of hydrogen-bond acceptors (Lipinski definition) is 4. The second-order valence-electron chi connectivity index (χ2n) is 8.78. The van der Waals surface area contributed by atoms with Crippen molar-refractivity contribution in [3.8, 4) is 5.75 Å². The molecule has 1 heterocycles. The van der Waals surface area contributed by atoms with Crippen LogP contribution in [0.25, 0.3) is 10.9 Å². The van der Waals surface area contributed by atoms with Gasteiger partial charge in [0.25, 0.3) is 5.56 Å². The van der Waals surface area contributed by atoms with Gasteiger partial charge in [-0.1, -0.05) is 66.5 Å². The quantitative estimate of drug-likeness (QED) is 0.170. The van der Waals surface area contributed by atoms with E-state index in [-0.39, 0.29) is 11.0 Å². The number of halogens is 3. The fourth-order valence-corrected chi connectivity index (χ4v) is 4.60. The zero-order valence-electron chi connectivity index (χ0n) is 18.8. The van der Waals surface area contributed by atoms with E-state index in [2.05, 4.69) is 43.6 Å². The third-order valence-electron chi connectivity index (χ3n) is 5.10. The van der Waals surface area contributed by atoms with Crippen molar-refractivity contribution in [1.29, 1.82) is 0 Å². The fourth-order valence-electron chi connectivity index (χ4n) is 3.35. The Labute approximate surface area is 225 Å². The number of hydrogen-bond donors (Lipinski definition) is 0. The first-order valence-corrected chi connectivity index (χ1v) is 12.8. The lowest BCUT2D eigenvalue weighted by atomic mass is 9.95. The zero-order chi connectivity index (χ0) is 24.5. The van der Waals surface area contributed by atoms with Gasteiger partial charge in [0, 0.05) is 20.5 Å². The normalized spacial score (nSPS) is 11.9. The van der Waals surface area contributed by atoms with Gasteiger partial charge in [-0.3, -0.25) is 4.79 Å². The molecule has 5 nitrogen and oxygen atoms in total. The number of benzene rings is 3. The van der Waals surface area contributed by atoms with E-state index in [1.165, 1.54) is 4.68 Å². The Morgan fingerprint density at radius 2 is 1.91 bits per heavy atom. The van der Waals surface area contributed by atoms with E-state index in [0.717, 1.165) is 24.9 Å². The molecule has 0 bridgehead atoms. The van der Waals surface area contributed by atoms with Gasteiger partial charge in [-0.15, -0.1) is 0 Å². The van der Waals surface area contributed by atoms with Crippen molar-refractivity contribution in [1.82, 2.24) is 9.66 Å². The lowest BCUT2D eigenvalue weighted by molar-refractivity contribution is 0.304. The van der Waals surface area contributed by atoms with Crippen LogP contribution in [0.2, 0.25) is 5.02 Å². The van der Waals surface area contributed by atoms with Crippen LogP contribution >= 0.6 is 50.1 Å². The number of rotatable bonds is 5. The van der Waals surface area contributed by atoms with Crippen molar-refractivity contribution < 1.29 is 4.74 Å². The molecule has 0 saturated heterocycles. The molecule has 174 valence electrons. The molecule has 0 aliphatic carbocycles. The minimum absolute atomic E-state index is 0.207. The molecule has 0 atom stereocenters. The van der Waals surface area contributed by atoms with E-state index in [1.807, 2.05) is 75.4 Å². The topological polar surface area (TPSA) is 56.5 Å². The van der Waals surface area contributed by atoms with E-state index < -0.39 is 0 Å². The summed E-state index contributed by atoms with van der Waals surface area (Å²) < 4.78 is 9.10. The van der Waals surface area contributed by atoms with Gasteiger partial charge in [0.2, 0.25) is 0 Å². The third-order valence-corrected chi connectivity index (χ3v) is 6.80. The Hall–Kier alpha value is -2.23. The van der Waals surface area contributed by atoms with Crippen molar-refractivity contribution in [2.45, 2.75) is 32.8 Å². The van der Waals surface area contributed by atoms with Crippen LogP contribution in [0.1, 0.15) is 37.7 Å². The molecule has 0 aliphatic heterocycles. The molecule has 0 N–H and O–H groups in total. The average molecular weight is 651 g/mol. The molecule has 1 aromatic heterocycles. The van der Waals surface area contributed by atoms with Gasteiger partial charge in [-0.2, -0.15) is 9.78 Å². The number of ether oxygens (including phenoxy) is 1. The predicted octanol–water partition coefficient (Wildman–Crippen LogP) is 7.18. The van der Waals surface area contributed by atoms with Crippen molar-refractivity contribution in [3.05, 3.63) is 101 Å². The highest BCUT2D eigenvalue weighted by Crippen LogP contribution is 2.25. The van der Waals surface area contributed by atoms with Crippen LogP contribution in [0, 0.1) is 3.57 Å². The summed E-state index contributed by atoms with van der Waals surface area (Å²) in [4.78, 5) is 18.0. The highest BCUT2D eigenvalue weighted by molar-refractivity contribution is 14.1. The van der Waals surface area contributed by atoms with Gasteiger partial charge in [-0.25, -0.2) is 4.98 Å². The number of aromatic nitrogens is 2. The van der Waals surface area contributed by atoms with E-state index in [1.54, 1.807) is 12.3 Å². The summed E-state index contributed by atoms with van der Waals surface area (Å²) in [7, 11) is 0. The molecule has 3 aromatic carbocycles. The molecular weight excluding hydrogens is 629 g/mol. The highest BCUT2D eigenvalue weighted by atomic mass is 127. The second-order valence-corrected chi connectivity index (χ2v) is 11.3. The van der Waals surface area contributed by atoms with Gasteiger partial charge < -0.3 is 4.74 Å². The number of nitrogens with zero attached hydrogens (tertiary/aromatic N) is 3. The minimum Gasteiger partial charge on any atom is -0.488 e. The first-order chi connectivity index (χ1) is 16.1. The molecule has 0 amide bonds. The summed E-state index contributed by atoms with van der Waals surface area (Å²) in [6.07, 6.45) is 1.67. The van der Waals surface area contributed by atoms with Crippen LogP contribution in [0.3, 0.4) is 0 Å². The summed E-state index contributed by atoms with van der Waals surface area (Å²) in [5.41, 5.74) is 1.84.